The fourth-order valence-electron chi connectivity index (χ4n) is 3.95. The molecule has 3 rings (SSSR count). The molecule has 2 nitrogen and oxygen atoms in total. The first kappa shape index (κ1) is 15.9. The smallest absolute Gasteiger partial charge is 0.139 e. The maximum absolute atomic E-state index is 6.29. The fourth-order valence-corrected chi connectivity index (χ4v) is 4.78. The van der Waals surface area contributed by atoms with Crippen molar-refractivity contribution >= 4 is 39.1 Å². The molecular formula is C16H20BrCl2NO. The molecule has 0 radical (unpaired) electrons. The first-order valence-corrected chi connectivity index (χ1v) is 9.10. The van der Waals surface area contributed by atoms with E-state index in [0.717, 1.165) is 10.9 Å². The van der Waals surface area contributed by atoms with Crippen LogP contribution in [0.4, 0.5) is 0 Å². The first-order valence-electron chi connectivity index (χ1n) is 7.55. The van der Waals surface area contributed by atoms with E-state index in [9.17, 15) is 0 Å². The van der Waals surface area contributed by atoms with Crippen LogP contribution in [-0.2, 0) is 0 Å². The summed E-state index contributed by atoms with van der Waals surface area (Å²) in [5, 5.41) is 4.72. The van der Waals surface area contributed by atoms with E-state index in [0.29, 0.717) is 21.8 Å². The Kier molecular flexibility index (Phi) is 4.75. The molecule has 1 spiro atoms. The predicted molar refractivity (Wildman–Crippen MR) is 91.6 cm³/mol. The van der Waals surface area contributed by atoms with Gasteiger partial charge in [-0.25, -0.2) is 0 Å². The van der Waals surface area contributed by atoms with Gasteiger partial charge < -0.3 is 10.1 Å². The van der Waals surface area contributed by atoms with Crippen molar-refractivity contribution in [1.82, 2.24) is 5.32 Å². The van der Waals surface area contributed by atoms with Crippen molar-refractivity contribution in [3.63, 3.8) is 0 Å². The molecule has 5 heteroatoms. The zero-order valence-electron chi connectivity index (χ0n) is 12.1. The Morgan fingerprint density at radius 2 is 1.90 bits per heavy atom. The Morgan fingerprint density at radius 3 is 2.57 bits per heavy atom. The summed E-state index contributed by atoms with van der Waals surface area (Å²) < 4.78 is 7.07. The van der Waals surface area contributed by atoms with Crippen LogP contribution in [0.5, 0.6) is 5.75 Å². The number of benzene rings is 1. The quantitative estimate of drug-likeness (QED) is 0.691. The van der Waals surface area contributed by atoms with Crippen molar-refractivity contribution in [2.45, 2.75) is 50.7 Å². The number of hydrogen-bond acceptors (Lipinski definition) is 2. The monoisotopic (exact) mass is 391 g/mol. The molecule has 1 aromatic rings. The molecule has 0 aromatic heterocycles. The SMILES string of the molecule is CNC1CC(Oc2cc(Cl)c(Br)cc2Cl)C12CCCCC2. The molecule has 2 unspecified atom stereocenters. The van der Waals surface area contributed by atoms with Crippen molar-refractivity contribution < 1.29 is 4.74 Å². The van der Waals surface area contributed by atoms with Crippen LogP contribution in [0.1, 0.15) is 38.5 Å². The molecule has 2 fully saturated rings. The summed E-state index contributed by atoms with van der Waals surface area (Å²) in [6.07, 6.45) is 7.71. The Bertz CT molecular complexity index is 531. The molecule has 2 atom stereocenters. The zero-order valence-corrected chi connectivity index (χ0v) is 15.2. The van der Waals surface area contributed by atoms with Crippen molar-refractivity contribution in [3.05, 3.63) is 26.7 Å². The second-order valence-electron chi connectivity index (χ2n) is 6.17. The highest BCUT2D eigenvalue weighted by molar-refractivity contribution is 9.10. The normalized spacial score (nSPS) is 27.4. The summed E-state index contributed by atoms with van der Waals surface area (Å²) in [7, 11) is 2.06. The summed E-state index contributed by atoms with van der Waals surface area (Å²) in [6.45, 7) is 0. The highest BCUT2D eigenvalue weighted by Crippen LogP contribution is 2.53. The molecule has 2 saturated carbocycles. The Labute approximate surface area is 144 Å². The van der Waals surface area contributed by atoms with Gasteiger partial charge in [-0.3, -0.25) is 0 Å². The van der Waals surface area contributed by atoms with E-state index in [-0.39, 0.29) is 11.5 Å². The van der Waals surface area contributed by atoms with Gasteiger partial charge in [0.2, 0.25) is 0 Å². The third-order valence-corrected chi connectivity index (χ3v) is 6.65. The van der Waals surface area contributed by atoms with E-state index in [1.54, 1.807) is 6.07 Å². The summed E-state index contributed by atoms with van der Waals surface area (Å²) >= 11 is 15.8. The number of nitrogens with one attached hydrogen (secondary N) is 1. The van der Waals surface area contributed by atoms with Gasteiger partial charge in [0.05, 0.1) is 10.0 Å². The van der Waals surface area contributed by atoms with E-state index in [4.69, 9.17) is 27.9 Å². The second kappa shape index (κ2) is 6.27. The van der Waals surface area contributed by atoms with E-state index < -0.39 is 0 Å². The molecule has 2 aliphatic rings. The molecule has 21 heavy (non-hydrogen) atoms. The standard InChI is InChI=1S/C16H20BrCl2NO/c1-20-14-9-15(16(14)5-3-2-4-6-16)21-13-8-11(18)10(17)7-12(13)19/h7-8,14-15,20H,2-6,9H2,1H3. The molecule has 116 valence electrons. The van der Waals surface area contributed by atoms with E-state index in [1.165, 1.54) is 32.1 Å². The predicted octanol–water partition coefficient (Wildman–Crippen LogP) is 5.45. The third kappa shape index (κ3) is 2.83. The Balaban J connectivity index is 1.80. The minimum absolute atomic E-state index is 0.241. The van der Waals surface area contributed by atoms with Crippen LogP contribution in [0.15, 0.2) is 16.6 Å². The van der Waals surface area contributed by atoms with Crippen LogP contribution in [0.2, 0.25) is 10.0 Å². The largest absolute Gasteiger partial charge is 0.488 e. The average molecular weight is 393 g/mol. The maximum Gasteiger partial charge on any atom is 0.139 e. The number of hydrogen-bond donors (Lipinski definition) is 1. The van der Waals surface area contributed by atoms with Gasteiger partial charge in [0.15, 0.2) is 0 Å². The van der Waals surface area contributed by atoms with Crippen LogP contribution in [0.25, 0.3) is 0 Å². The highest BCUT2D eigenvalue weighted by atomic mass is 79.9. The lowest BCUT2D eigenvalue weighted by molar-refractivity contribution is -0.100. The second-order valence-corrected chi connectivity index (χ2v) is 7.84. The lowest BCUT2D eigenvalue weighted by atomic mass is 9.55. The van der Waals surface area contributed by atoms with Gasteiger partial charge in [0.25, 0.3) is 0 Å². The minimum Gasteiger partial charge on any atom is -0.488 e. The van der Waals surface area contributed by atoms with E-state index in [2.05, 4.69) is 28.3 Å². The van der Waals surface area contributed by atoms with Crippen molar-refractivity contribution in [3.8, 4) is 5.75 Å². The topological polar surface area (TPSA) is 21.3 Å². The number of halogens is 3. The average Bonchev–Trinajstić information content (AvgIpc) is 2.48. The van der Waals surface area contributed by atoms with Crippen LogP contribution in [0.3, 0.4) is 0 Å². The van der Waals surface area contributed by atoms with Gasteiger partial charge in [-0.2, -0.15) is 0 Å². The summed E-state index contributed by atoms with van der Waals surface area (Å²) in [6, 6.07) is 4.19. The Hall–Kier alpha value is 0.0400. The third-order valence-electron chi connectivity index (χ3n) is 5.16. The number of rotatable bonds is 3. The zero-order chi connectivity index (χ0) is 15.0. The van der Waals surface area contributed by atoms with Crippen molar-refractivity contribution in [1.29, 1.82) is 0 Å². The fraction of sp³-hybridized carbons (Fsp3) is 0.625. The molecule has 1 N–H and O–H groups in total. The molecule has 2 aliphatic carbocycles. The van der Waals surface area contributed by atoms with Gasteiger partial charge in [-0.05, 0) is 41.9 Å². The lowest BCUT2D eigenvalue weighted by Crippen LogP contribution is -2.64. The van der Waals surface area contributed by atoms with Gasteiger partial charge in [0.1, 0.15) is 11.9 Å². The molecule has 1 aromatic carbocycles. The van der Waals surface area contributed by atoms with Crippen LogP contribution in [0, 0.1) is 5.41 Å². The van der Waals surface area contributed by atoms with Gasteiger partial charge in [0, 0.05) is 28.4 Å². The lowest BCUT2D eigenvalue weighted by Gasteiger charge is -2.57. The number of ether oxygens (including phenoxy) is 1. The van der Waals surface area contributed by atoms with Crippen LogP contribution in [-0.4, -0.2) is 19.2 Å². The van der Waals surface area contributed by atoms with Crippen molar-refractivity contribution in [2.24, 2.45) is 5.41 Å². The minimum atomic E-state index is 0.241. The molecule has 0 aliphatic heterocycles. The first-order chi connectivity index (χ1) is 10.1. The maximum atomic E-state index is 6.29. The van der Waals surface area contributed by atoms with Gasteiger partial charge in [-0.15, -0.1) is 0 Å². The molecule has 0 heterocycles. The van der Waals surface area contributed by atoms with Crippen molar-refractivity contribution in [2.75, 3.05) is 7.05 Å². The summed E-state index contributed by atoms with van der Waals surface area (Å²) in [5.74, 6) is 0.703. The summed E-state index contributed by atoms with van der Waals surface area (Å²) in [4.78, 5) is 0. The summed E-state index contributed by atoms with van der Waals surface area (Å²) in [5.41, 5.74) is 0.274. The molecule has 0 saturated heterocycles. The van der Waals surface area contributed by atoms with Crippen LogP contribution >= 0.6 is 39.1 Å². The van der Waals surface area contributed by atoms with E-state index >= 15 is 0 Å². The van der Waals surface area contributed by atoms with Crippen LogP contribution < -0.4 is 10.1 Å². The van der Waals surface area contributed by atoms with E-state index in [1.807, 2.05) is 6.07 Å². The molecule has 0 amide bonds. The van der Waals surface area contributed by atoms with Gasteiger partial charge in [-0.1, -0.05) is 42.5 Å². The Morgan fingerprint density at radius 1 is 1.19 bits per heavy atom. The molecular weight excluding hydrogens is 373 g/mol. The highest BCUT2D eigenvalue weighted by Gasteiger charge is 2.56. The molecule has 0 bridgehead atoms. The van der Waals surface area contributed by atoms with Gasteiger partial charge >= 0.3 is 0 Å².